The van der Waals surface area contributed by atoms with Crippen LogP contribution in [0.1, 0.15) is 40.2 Å². The standard InChI is InChI=1S/C19H27ClN2O5/c1-12(2)27-18(25)22(17(24)19(3,4)5)15-9-14(20)8-7-13(15)11-26-16(23)10-21-6/h7-9,12,21H,10-11H2,1-6H3. The summed E-state index contributed by atoms with van der Waals surface area (Å²) in [6.07, 6.45) is -1.22. The van der Waals surface area contributed by atoms with E-state index in [0.717, 1.165) is 4.90 Å². The quantitative estimate of drug-likeness (QED) is 0.738. The van der Waals surface area contributed by atoms with Gasteiger partial charge in [0.2, 0.25) is 5.91 Å². The molecule has 0 unspecified atom stereocenters. The first-order valence-corrected chi connectivity index (χ1v) is 8.99. The zero-order chi connectivity index (χ0) is 20.8. The van der Waals surface area contributed by atoms with Crippen LogP contribution in [0.15, 0.2) is 18.2 Å². The van der Waals surface area contributed by atoms with Crippen LogP contribution < -0.4 is 10.2 Å². The molecular weight excluding hydrogens is 372 g/mol. The molecule has 8 heteroatoms. The van der Waals surface area contributed by atoms with Gasteiger partial charge in [0.05, 0.1) is 18.3 Å². The molecule has 0 saturated carbocycles. The summed E-state index contributed by atoms with van der Waals surface area (Å²) in [4.78, 5) is 38.2. The number of esters is 1. The first kappa shape index (κ1) is 22.9. The predicted octanol–water partition coefficient (Wildman–Crippen LogP) is 3.53. The lowest BCUT2D eigenvalue weighted by Crippen LogP contribution is -2.45. The van der Waals surface area contributed by atoms with Crippen molar-refractivity contribution in [2.45, 2.75) is 47.3 Å². The van der Waals surface area contributed by atoms with Crippen molar-refractivity contribution in [3.63, 3.8) is 0 Å². The van der Waals surface area contributed by atoms with Gasteiger partial charge < -0.3 is 14.8 Å². The maximum absolute atomic E-state index is 13.0. The number of ether oxygens (including phenoxy) is 2. The third kappa shape index (κ3) is 6.84. The fourth-order valence-electron chi connectivity index (χ4n) is 2.10. The maximum Gasteiger partial charge on any atom is 0.421 e. The third-order valence-corrected chi connectivity index (χ3v) is 3.60. The Kier molecular flexibility index (Phi) is 8.24. The highest BCUT2D eigenvalue weighted by Crippen LogP contribution is 2.30. The maximum atomic E-state index is 13.0. The van der Waals surface area contributed by atoms with E-state index in [9.17, 15) is 14.4 Å². The molecule has 150 valence electrons. The molecule has 0 radical (unpaired) electrons. The number of imide groups is 1. The van der Waals surface area contributed by atoms with Gasteiger partial charge in [-0.25, -0.2) is 9.69 Å². The number of benzene rings is 1. The minimum Gasteiger partial charge on any atom is -0.460 e. The Morgan fingerprint density at radius 2 is 1.85 bits per heavy atom. The Bertz CT molecular complexity index is 698. The Morgan fingerprint density at radius 3 is 2.37 bits per heavy atom. The van der Waals surface area contributed by atoms with E-state index in [-0.39, 0.29) is 18.8 Å². The molecule has 7 nitrogen and oxygen atoms in total. The van der Waals surface area contributed by atoms with Crippen LogP contribution in [0.3, 0.4) is 0 Å². The van der Waals surface area contributed by atoms with E-state index < -0.39 is 29.5 Å². The van der Waals surface area contributed by atoms with Crippen LogP contribution in [0.5, 0.6) is 0 Å². The number of rotatable bonds is 6. The molecule has 0 saturated heterocycles. The lowest BCUT2D eigenvalue weighted by Gasteiger charge is -2.29. The Balaban J connectivity index is 3.34. The molecule has 27 heavy (non-hydrogen) atoms. The Hall–Kier alpha value is -2.12. The number of likely N-dealkylation sites (N-methyl/N-ethyl adjacent to an activating group) is 1. The fourth-order valence-corrected chi connectivity index (χ4v) is 2.27. The number of nitrogens with zero attached hydrogens (tertiary/aromatic N) is 1. The molecule has 0 aliphatic heterocycles. The molecule has 0 bridgehead atoms. The molecule has 0 aliphatic rings. The summed E-state index contributed by atoms with van der Waals surface area (Å²) in [7, 11) is 1.63. The van der Waals surface area contributed by atoms with Gasteiger partial charge in [0.25, 0.3) is 0 Å². The zero-order valence-electron chi connectivity index (χ0n) is 16.6. The van der Waals surface area contributed by atoms with E-state index >= 15 is 0 Å². The average molecular weight is 399 g/mol. The second-order valence-corrected chi connectivity index (χ2v) is 7.72. The number of halogens is 1. The van der Waals surface area contributed by atoms with Crippen LogP contribution in [-0.4, -0.2) is 37.7 Å². The fraction of sp³-hybridized carbons (Fsp3) is 0.526. The smallest absolute Gasteiger partial charge is 0.421 e. The second-order valence-electron chi connectivity index (χ2n) is 7.29. The van der Waals surface area contributed by atoms with Crippen LogP contribution in [-0.2, 0) is 25.7 Å². The van der Waals surface area contributed by atoms with E-state index in [0.29, 0.717) is 10.6 Å². The molecule has 0 aliphatic carbocycles. The topological polar surface area (TPSA) is 84.9 Å². The first-order chi connectivity index (χ1) is 12.5. The molecule has 0 aromatic heterocycles. The molecule has 0 spiro atoms. The summed E-state index contributed by atoms with van der Waals surface area (Å²) < 4.78 is 10.4. The van der Waals surface area contributed by atoms with Crippen LogP contribution >= 0.6 is 11.6 Å². The summed E-state index contributed by atoms with van der Waals surface area (Å²) in [5.74, 6) is -0.921. The van der Waals surface area contributed by atoms with Crippen molar-refractivity contribution in [3.05, 3.63) is 28.8 Å². The van der Waals surface area contributed by atoms with E-state index in [4.69, 9.17) is 21.1 Å². The van der Waals surface area contributed by atoms with Crippen molar-refractivity contribution in [1.29, 1.82) is 0 Å². The number of carbonyl (C=O) groups excluding carboxylic acids is 3. The first-order valence-electron chi connectivity index (χ1n) is 8.61. The molecule has 1 rings (SSSR count). The monoisotopic (exact) mass is 398 g/mol. The van der Waals surface area contributed by atoms with Gasteiger partial charge in [0.1, 0.15) is 6.61 Å². The van der Waals surface area contributed by atoms with Crippen LogP contribution in [0, 0.1) is 5.41 Å². The van der Waals surface area contributed by atoms with Crippen molar-refractivity contribution in [2.24, 2.45) is 5.41 Å². The number of anilines is 1. The van der Waals surface area contributed by atoms with E-state index in [1.807, 2.05) is 0 Å². The van der Waals surface area contributed by atoms with Gasteiger partial charge in [-0.15, -0.1) is 0 Å². The lowest BCUT2D eigenvalue weighted by atomic mass is 9.94. The van der Waals surface area contributed by atoms with E-state index in [1.54, 1.807) is 53.8 Å². The number of carbonyl (C=O) groups is 3. The summed E-state index contributed by atoms with van der Waals surface area (Å²) in [5.41, 5.74) is -0.161. The summed E-state index contributed by atoms with van der Waals surface area (Å²) in [6.45, 7) is 8.40. The SMILES string of the molecule is CNCC(=O)OCc1ccc(Cl)cc1N(C(=O)OC(C)C)C(=O)C(C)(C)C. The van der Waals surface area contributed by atoms with Crippen molar-refractivity contribution < 1.29 is 23.9 Å². The number of amides is 2. The number of hydrogen-bond acceptors (Lipinski definition) is 6. The predicted molar refractivity (Wildman–Crippen MR) is 104 cm³/mol. The number of nitrogens with one attached hydrogen (secondary N) is 1. The van der Waals surface area contributed by atoms with Crippen LogP contribution in [0.4, 0.5) is 10.5 Å². The summed E-state index contributed by atoms with van der Waals surface area (Å²) >= 11 is 6.09. The minimum atomic E-state index is -0.849. The largest absolute Gasteiger partial charge is 0.460 e. The van der Waals surface area contributed by atoms with Crippen molar-refractivity contribution in [3.8, 4) is 0 Å². The van der Waals surface area contributed by atoms with Gasteiger partial charge in [-0.05, 0) is 33.0 Å². The van der Waals surface area contributed by atoms with Crippen LogP contribution in [0.25, 0.3) is 0 Å². The molecular formula is C19H27ClN2O5. The highest BCUT2D eigenvalue weighted by atomic mass is 35.5. The summed E-state index contributed by atoms with van der Waals surface area (Å²) in [5, 5.41) is 3.03. The van der Waals surface area contributed by atoms with Crippen LogP contribution in [0.2, 0.25) is 5.02 Å². The van der Waals surface area contributed by atoms with Gasteiger partial charge in [-0.3, -0.25) is 9.59 Å². The van der Waals surface area contributed by atoms with Gasteiger partial charge in [0, 0.05) is 16.0 Å². The van der Waals surface area contributed by atoms with Crippen molar-refractivity contribution >= 4 is 35.3 Å². The molecule has 1 aromatic rings. The van der Waals surface area contributed by atoms with Gasteiger partial charge in [0.15, 0.2) is 0 Å². The molecule has 0 fully saturated rings. The highest BCUT2D eigenvalue weighted by Gasteiger charge is 2.35. The lowest BCUT2D eigenvalue weighted by molar-refractivity contribution is -0.143. The second kappa shape index (κ2) is 9.71. The number of hydrogen-bond donors (Lipinski definition) is 1. The Morgan fingerprint density at radius 1 is 1.22 bits per heavy atom. The molecule has 1 N–H and O–H groups in total. The third-order valence-electron chi connectivity index (χ3n) is 3.36. The summed E-state index contributed by atoms with van der Waals surface area (Å²) in [6, 6.07) is 4.68. The van der Waals surface area contributed by atoms with Crippen molar-refractivity contribution in [1.82, 2.24) is 5.32 Å². The van der Waals surface area contributed by atoms with E-state index in [2.05, 4.69) is 5.32 Å². The van der Waals surface area contributed by atoms with Gasteiger partial charge in [-0.2, -0.15) is 0 Å². The molecule has 2 amide bonds. The van der Waals surface area contributed by atoms with Gasteiger partial charge in [-0.1, -0.05) is 38.4 Å². The van der Waals surface area contributed by atoms with Gasteiger partial charge >= 0.3 is 12.1 Å². The molecule has 0 atom stereocenters. The van der Waals surface area contributed by atoms with Crippen molar-refractivity contribution in [2.75, 3.05) is 18.5 Å². The normalized spacial score (nSPS) is 11.3. The highest BCUT2D eigenvalue weighted by molar-refractivity contribution is 6.31. The average Bonchev–Trinajstić information content (AvgIpc) is 2.53. The minimum absolute atomic E-state index is 0.0446. The zero-order valence-corrected chi connectivity index (χ0v) is 17.3. The molecule has 0 heterocycles. The Labute approximate surface area is 165 Å². The molecule has 1 aromatic carbocycles. The van der Waals surface area contributed by atoms with E-state index in [1.165, 1.54) is 6.07 Å².